The number of nitrogens with one attached hydrogen (secondary N) is 1. The third-order valence-electron chi connectivity index (χ3n) is 6.18. The van der Waals surface area contributed by atoms with E-state index < -0.39 is 28.5 Å². The minimum Gasteiger partial charge on any atom is -0.355 e. The number of likely N-dealkylation sites (N-methyl/N-ethyl adjacent to an activating group) is 1. The summed E-state index contributed by atoms with van der Waals surface area (Å²) in [5.41, 5.74) is 3.63. The fourth-order valence-corrected chi connectivity index (χ4v) is 5.37. The number of sulfonamides is 1. The van der Waals surface area contributed by atoms with Gasteiger partial charge in [0.1, 0.15) is 12.6 Å². The number of rotatable bonds is 11. The number of aryl methyl sites for hydroxylation is 2. The maximum Gasteiger partial charge on any atom is 0.244 e. The topological polar surface area (TPSA) is 86.8 Å². The molecule has 0 unspecified atom stereocenters. The number of carbonyl (C=O) groups is 2. The number of nitrogens with zero attached hydrogens (tertiary/aromatic N) is 2. The molecule has 0 saturated heterocycles. The van der Waals surface area contributed by atoms with Crippen molar-refractivity contribution in [2.75, 3.05) is 23.7 Å². The van der Waals surface area contributed by atoms with Gasteiger partial charge in [0.25, 0.3) is 0 Å². The van der Waals surface area contributed by atoms with Crippen molar-refractivity contribution in [2.45, 2.75) is 39.8 Å². The average Bonchev–Trinajstić information content (AvgIpc) is 2.86. The van der Waals surface area contributed by atoms with Crippen molar-refractivity contribution in [1.29, 1.82) is 0 Å². The Morgan fingerprint density at radius 2 is 1.63 bits per heavy atom. The monoisotopic (exact) mass is 555 g/mol. The van der Waals surface area contributed by atoms with Gasteiger partial charge >= 0.3 is 0 Å². The van der Waals surface area contributed by atoms with Crippen LogP contribution in [0.1, 0.15) is 29.2 Å². The molecule has 3 rings (SSSR count). The van der Waals surface area contributed by atoms with Crippen molar-refractivity contribution in [3.8, 4) is 0 Å². The van der Waals surface area contributed by atoms with Gasteiger partial charge in [-0.2, -0.15) is 0 Å². The number of benzene rings is 3. The third-order valence-corrected chi connectivity index (χ3v) is 7.54. The van der Waals surface area contributed by atoms with Crippen molar-refractivity contribution < 1.29 is 18.0 Å². The van der Waals surface area contributed by atoms with Crippen molar-refractivity contribution in [3.05, 3.63) is 100 Å². The van der Waals surface area contributed by atoms with E-state index in [0.717, 1.165) is 32.8 Å². The van der Waals surface area contributed by atoms with Crippen LogP contribution in [0.4, 0.5) is 5.69 Å². The van der Waals surface area contributed by atoms with Crippen LogP contribution in [0.3, 0.4) is 0 Å². The molecule has 3 aromatic rings. The van der Waals surface area contributed by atoms with Crippen molar-refractivity contribution >= 4 is 39.1 Å². The molecule has 0 aliphatic rings. The normalized spacial score (nSPS) is 12.0. The number of amides is 2. The lowest BCUT2D eigenvalue weighted by atomic mass is 10.0. The zero-order valence-corrected chi connectivity index (χ0v) is 23.7. The zero-order chi connectivity index (χ0) is 27.9. The summed E-state index contributed by atoms with van der Waals surface area (Å²) >= 11 is 6.22. The van der Waals surface area contributed by atoms with Gasteiger partial charge < -0.3 is 10.2 Å². The molecule has 0 aromatic heterocycles. The number of hydrogen-bond donors (Lipinski definition) is 1. The van der Waals surface area contributed by atoms with Gasteiger partial charge in [0.15, 0.2) is 0 Å². The number of anilines is 1. The molecule has 7 nitrogen and oxygen atoms in total. The lowest BCUT2D eigenvalue weighted by molar-refractivity contribution is -0.140. The summed E-state index contributed by atoms with van der Waals surface area (Å²) in [4.78, 5) is 28.8. The van der Waals surface area contributed by atoms with Gasteiger partial charge in [-0.3, -0.25) is 13.9 Å². The van der Waals surface area contributed by atoms with E-state index in [4.69, 9.17) is 11.6 Å². The molecule has 0 aliphatic heterocycles. The lowest BCUT2D eigenvalue weighted by Gasteiger charge is -2.33. The van der Waals surface area contributed by atoms with Gasteiger partial charge in [-0.05, 0) is 61.2 Å². The molecule has 1 N–H and O–H groups in total. The van der Waals surface area contributed by atoms with Gasteiger partial charge in [-0.15, -0.1) is 0 Å². The Hall–Kier alpha value is -3.36. The number of halogens is 1. The standard InChI is InChI=1S/C29H34ClN3O4S/c1-5-31-29(35)27(18-23-10-7-6-8-11-23)32(19-24-12-9-13-25(30)17-24)28(34)20-33(38(4,36)37)26-16-21(2)14-15-22(26)3/h6-17,27H,5,18-20H2,1-4H3,(H,31,35)/t27-/m1/s1. The summed E-state index contributed by atoms with van der Waals surface area (Å²) in [5, 5.41) is 3.34. The first-order valence-corrected chi connectivity index (χ1v) is 14.6. The largest absolute Gasteiger partial charge is 0.355 e. The van der Waals surface area contributed by atoms with Crippen LogP contribution in [0, 0.1) is 13.8 Å². The molecule has 0 heterocycles. The maximum absolute atomic E-state index is 14.0. The Labute approximate surface area is 230 Å². The average molecular weight is 556 g/mol. The Morgan fingerprint density at radius 1 is 0.947 bits per heavy atom. The van der Waals surface area contributed by atoms with E-state index in [1.54, 1.807) is 31.2 Å². The summed E-state index contributed by atoms with van der Waals surface area (Å²) in [6.45, 7) is 5.50. The van der Waals surface area contributed by atoms with E-state index in [9.17, 15) is 18.0 Å². The molecule has 38 heavy (non-hydrogen) atoms. The van der Waals surface area contributed by atoms with E-state index in [1.165, 1.54) is 4.90 Å². The molecular formula is C29H34ClN3O4S. The van der Waals surface area contributed by atoms with Gasteiger partial charge in [-0.25, -0.2) is 8.42 Å². The summed E-state index contributed by atoms with van der Waals surface area (Å²) in [5.74, 6) is -0.812. The molecule has 2 amide bonds. The third kappa shape index (κ3) is 7.82. The van der Waals surface area contributed by atoms with Crippen molar-refractivity contribution in [3.63, 3.8) is 0 Å². The molecule has 0 aliphatic carbocycles. The van der Waals surface area contributed by atoms with Crippen LogP contribution in [-0.4, -0.2) is 50.5 Å². The zero-order valence-electron chi connectivity index (χ0n) is 22.1. The second-order valence-electron chi connectivity index (χ2n) is 9.31. The highest BCUT2D eigenvalue weighted by atomic mass is 35.5. The van der Waals surface area contributed by atoms with Crippen molar-refractivity contribution in [1.82, 2.24) is 10.2 Å². The fraction of sp³-hybridized carbons (Fsp3) is 0.310. The van der Waals surface area contributed by atoms with Crippen LogP contribution in [0.25, 0.3) is 0 Å². The Kier molecular flexibility index (Phi) is 9.94. The summed E-state index contributed by atoms with van der Waals surface area (Å²) in [6.07, 6.45) is 1.34. The smallest absolute Gasteiger partial charge is 0.244 e. The minimum absolute atomic E-state index is 0.0818. The molecule has 9 heteroatoms. The lowest BCUT2D eigenvalue weighted by Crippen LogP contribution is -2.53. The predicted molar refractivity (Wildman–Crippen MR) is 153 cm³/mol. The molecule has 0 spiro atoms. The van der Waals surface area contributed by atoms with E-state index in [-0.39, 0.29) is 18.9 Å². The first-order chi connectivity index (χ1) is 18.0. The molecule has 0 bridgehead atoms. The minimum atomic E-state index is -3.82. The van der Waals surface area contributed by atoms with Gasteiger partial charge in [0.2, 0.25) is 21.8 Å². The Balaban J connectivity index is 2.07. The first-order valence-electron chi connectivity index (χ1n) is 12.4. The number of hydrogen-bond acceptors (Lipinski definition) is 4. The second-order valence-corrected chi connectivity index (χ2v) is 11.7. The highest BCUT2D eigenvalue weighted by Gasteiger charge is 2.33. The van der Waals surface area contributed by atoms with Crippen LogP contribution >= 0.6 is 11.6 Å². The molecule has 1 atom stereocenters. The second kappa shape index (κ2) is 12.9. The quantitative estimate of drug-likeness (QED) is 0.377. The first kappa shape index (κ1) is 29.2. The summed E-state index contributed by atoms with van der Waals surface area (Å²) < 4.78 is 26.9. The van der Waals surface area contributed by atoms with Gasteiger partial charge in [-0.1, -0.05) is 66.2 Å². The van der Waals surface area contributed by atoms with Gasteiger partial charge in [0, 0.05) is 24.5 Å². The molecule has 3 aromatic carbocycles. The van der Waals surface area contributed by atoms with Crippen LogP contribution in [0.2, 0.25) is 5.02 Å². The van der Waals surface area contributed by atoms with E-state index in [0.29, 0.717) is 17.3 Å². The highest BCUT2D eigenvalue weighted by molar-refractivity contribution is 7.92. The summed E-state index contributed by atoms with van der Waals surface area (Å²) in [7, 11) is -3.82. The number of carbonyl (C=O) groups excluding carboxylic acids is 2. The van der Waals surface area contributed by atoms with E-state index in [2.05, 4.69) is 5.32 Å². The van der Waals surface area contributed by atoms with Crippen LogP contribution in [-0.2, 0) is 32.6 Å². The Morgan fingerprint density at radius 3 is 2.26 bits per heavy atom. The molecule has 0 fully saturated rings. The van der Waals surface area contributed by atoms with Gasteiger partial charge in [0.05, 0.1) is 11.9 Å². The maximum atomic E-state index is 14.0. The van der Waals surface area contributed by atoms with E-state index >= 15 is 0 Å². The Bertz CT molecular complexity index is 1380. The highest BCUT2D eigenvalue weighted by Crippen LogP contribution is 2.25. The fourth-order valence-electron chi connectivity index (χ4n) is 4.26. The molecule has 0 radical (unpaired) electrons. The molecule has 0 saturated carbocycles. The SMILES string of the molecule is CCNC(=O)[C@@H](Cc1ccccc1)N(Cc1cccc(Cl)c1)C(=O)CN(c1cc(C)ccc1C)S(C)(=O)=O. The molecular weight excluding hydrogens is 522 g/mol. The summed E-state index contributed by atoms with van der Waals surface area (Å²) in [6, 6.07) is 21.1. The van der Waals surface area contributed by atoms with Crippen molar-refractivity contribution in [2.24, 2.45) is 0 Å². The molecule has 202 valence electrons. The predicted octanol–water partition coefficient (Wildman–Crippen LogP) is 4.50. The van der Waals surface area contributed by atoms with Crippen LogP contribution in [0.5, 0.6) is 0 Å². The van der Waals surface area contributed by atoms with Crippen LogP contribution in [0.15, 0.2) is 72.8 Å². The van der Waals surface area contributed by atoms with Crippen LogP contribution < -0.4 is 9.62 Å². The van der Waals surface area contributed by atoms with E-state index in [1.807, 2.05) is 62.4 Å².